The van der Waals surface area contributed by atoms with Crippen LogP contribution in [0.5, 0.6) is 0 Å². The third-order valence-corrected chi connectivity index (χ3v) is 2.70. The SMILES string of the molecule is Cc1ccc(C=CCCNC(=O)OC(C)(C)C)c(C)c1. The Kier molecular flexibility index (Phi) is 5.81. The summed E-state index contributed by atoms with van der Waals surface area (Å²) in [5, 5.41) is 2.74. The maximum atomic E-state index is 11.4. The summed E-state index contributed by atoms with van der Waals surface area (Å²) >= 11 is 0. The highest BCUT2D eigenvalue weighted by molar-refractivity contribution is 5.67. The first-order valence-corrected chi connectivity index (χ1v) is 6.98. The highest BCUT2D eigenvalue weighted by Gasteiger charge is 2.15. The predicted molar refractivity (Wildman–Crippen MR) is 83.8 cm³/mol. The summed E-state index contributed by atoms with van der Waals surface area (Å²) in [6.45, 7) is 10.3. The van der Waals surface area contributed by atoms with Gasteiger partial charge in [-0.05, 0) is 52.2 Å². The number of carbonyl (C=O) groups excluding carboxylic acids is 1. The Hall–Kier alpha value is -1.77. The molecule has 3 nitrogen and oxygen atoms in total. The van der Waals surface area contributed by atoms with Crippen LogP contribution in [-0.2, 0) is 4.74 Å². The average Bonchev–Trinajstić information content (AvgIpc) is 2.28. The molecule has 1 N–H and O–H groups in total. The third kappa shape index (κ3) is 6.41. The van der Waals surface area contributed by atoms with Gasteiger partial charge in [0, 0.05) is 6.54 Å². The number of rotatable bonds is 4. The molecule has 0 heterocycles. The van der Waals surface area contributed by atoms with Crippen molar-refractivity contribution in [2.45, 2.75) is 46.6 Å². The van der Waals surface area contributed by atoms with Crippen molar-refractivity contribution in [2.24, 2.45) is 0 Å². The largest absolute Gasteiger partial charge is 0.444 e. The molecule has 0 aliphatic heterocycles. The monoisotopic (exact) mass is 275 g/mol. The lowest BCUT2D eigenvalue weighted by atomic mass is 10.1. The minimum Gasteiger partial charge on any atom is -0.444 e. The molecule has 0 aliphatic carbocycles. The number of hydrogen-bond acceptors (Lipinski definition) is 2. The van der Waals surface area contributed by atoms with Crippen LogP contribution in [0.15, 0.2) is 24.3 Å². The quantitative estimate of drug-likeness (QED) is 0.835. The van der Waals surface area contributed by atoms with E-state index in [2.05, 4.69) is 49.5 Å². The smallest absolute Gasteiger partial charge is 0.407 e. The molecular weight excluding hydrogens is 250 g/mol. The molecule has 0 radical (unpaired) electrons. The summed E-state index contributed by atoms with van der Waals surface area (Å²) in [6, 6.07) is 6.38. The Morgan fingerprint density at radius 1 is 1.30 bits per heavy atom. The second kappa shape index (κ2) is 7.13. The van der Waals surface area contributed by atoms with Crippen LogP contribution in [0.25, 0.3) is 6.08 Å². The Morgan fingerprint density at radius 3 is 2.60 bits per heavy atom. The topological polar surface area (TPSA) is 38.3 Å². The van der Waals surface area contributed by atoms with Crippen LogP contribution in [0.2, 0.25) is 0 Å². The maximum Gasteiger partial charge on any atom is 0.407 e. The molecule has 20 heavy (non-hydrogen) atoms. The first kappa shape index (κ1) is 16.3. The molecule has 1 amide bonds. The molecule has 0 fully saturated rings. The van der Waals surface area contributed by atoms with E-state index in [4.69, 9.17) is 4.74 Å². The molecular formula is C17H25NO2. The number of ether oxygens (including phenoxy) is 1. The number of benzene rings is 1. The van der Waals surface area contributed by atoms with Crippen molar-refractivity contribution < 1.29 is 9.53 Å². The molecule has 0 aliphatic rings. The lowest BCUT2D eigenvalue weighted by Crippen LogP contribution is -2.32. The standard InChI is InChI=1S/C17H25NO2/c1-13-9-10-15(14(2)12-13)8-6-7-11-18-16(19)20-17(3,4)5/h6,8-10,12H,7,11H2,1-5H3,(H,18,19). The first-order valence-electron chi connectivity index (χ1n) is 6.98. The second-order valence-corrected chi connectivity index (χ2v) is 5.98. The van der Waals surface area contributed by atoms with Gasteiger partial charge in [0.15, 0.2) is 0 Å². The molecule has 0 saturated carbocycles. The maximum absolute atomic E-state index is 11.4. The summed E-state index contributed by atoms with van der Waals surface area (Å²) < 4.78 is 5.16. The van der Waals surface area contributed by atoms with E-state index in [1.807, 2.05) is 20.8 Å². The van der Waals surface area contributed by atoms with Crippen molar-refractivity contribution in [3.63, 3.8) is 0 Å². The molecule has 0 spiro atoms. The van der Waals surface area contributed by atoms with E-state index in [0.29, 0.717) is 6.54 Å². The summed E-state index contributed by atoms with van der Waals surface area (Å²) in [4.78, 5) is 11.4. The van der Waals surface area contributed by atoms with Gasteiger partial charge in [-0.15, -0.1) is 0 Å². The summed E-state index contributed by atoms with van der Waals surface area (Å²) in [7, 11) is 0. The van der Waals surface area contributed by atoms with Gasteiger partial charge < -0.3 is 10.1 Å². The highest BCUT2D eigenvalue weighted by atomic mass is 16.6. The fourth-order valence-electron chi connectivity index (χ4n) is 1.79. The zero-order valence-corrected chi connectivity index (χ0v) is 13.1. The van der Waals surface area contributed by atoms with Crippen LogP contribution < -0.4 is 5.32 Å². The number of aryl methyl sites for hydroxylation is 2. The van der Waals surface area contributed by atoms with Crippen molar-refractivity contribution in [1.82, 2.24) is 5.32 Å². The Balaban J connectivity index is 2.34. The number of carbonyl (C=O) groups is 1. The van der Waals surface area contributed by atoms with E-state index in [9.17, 15) is 4.79 Å². The van der Waals surface area contributed by atoms with Crippen LogP contribution in [-0.4, -0.2) is 18.2 Å². The Morgan fingerprint density at radius 2 is 2.00 bits per heavy atom. The van der Waals surface area contributed by atoms with Gasteiger partial charge in [-0.1, -0.05) is 35.9 Å². The molecule has 3 heteroatoms. The van der Waals surface area contributed by atoms with E-state index in [1.165, 1.54) is 16.7 Å². The molecule has 0 bridgehead atoms. The molecule has 0 saturated heterocycles. The Bertz CT molecular complexity index is 484. The summed E-state index contributed by atoms with van der Waals surface area (Å²) in [6.07, 6.45) is 4.57. The van der Waals surface area contributed by atoms with E-state index in [-0.39, 0.29) is 6.09 Å². The van der Waals surface area contributed by atoms with E-state index >= 15 is 0 Å². The van der Waals surface area contributed by atoms with E-state index in [1.54, 1.807) is 0 Å². The van der Waals surface area contributed by atoms with Crippen molar-refractivity contribution >= 4 is 12.2 Å². The van der Waals surface area contributed by atoms with Gasteiger partial charge in [-0.2, -0.15) is 0 Å². The fourth-order valence-corrected chi connectivity index (χ4v) is 1.79. The molecule has 1 rings (SSSR count). The zero-order valence-electron chi connectivity index (χ0n) is 13.1. The van der Waals surface area contributed by atoms with Gasteiger partial charge in [-0.25, -0.2) is 4.79 Å². The zero-order chi connectivity index (χ0) is 15.2. The van der Waals surface area contributed by atoms with Crippen LogP contribution in [0.3, 0.4) is 0 Å². The number of nitrogens with one attached hydrogen (secondary N) is 1. The van der Waals surface area contributed by atoms with E-state index in [0.717, 1.165) is 6.42 Å². The lowest BCUT2D eigenvalue weighted by Gasteiger charge is -2.19. The van der Waals surface area contributed by atoms with Gasteiger partial charge in [0.1, 0.15) is 5.60 Å². The number of amides is 1. The van der Waals surface area contributed by atoms with Crippen molar-refractivity contribution in [3.8, 4) is 0 Å². The fraction of sp³-hybridized carbons (Fsp3) is 0.471. The van der Waals surface area contributed by atoms with Gasteiger partial charge in [0.25, 0.3) is 0 Å². The van der Waals surface area contributed by atoms with Crippen LogP contribution in [0.4, 0.5) is 4.79 Å². The number of hydrogen-bond donors (Lipinski definition) is 1. The second-order valence-electron chi connectivity index (χ2n) is 5.98. The normalized spacial score (nSPS) is 11.7. The average molecular weight is 275 g/mol. The van der Waals surface area contributed by atoms with Crippen molar-refractivity contribution in [2.75, 3.05) is 6.54 Å². The molecule has 0 aromatic heterocycles. The van der Waals surface area contributed by atoms with E-state index < -0.39 is 5.60 Å². The van der Waals surface area contributed by atoms with Crippen molar-refractivity contribution in [3.05, 3.63) is 41.0 Å². The third-order valence-electron chi connectivity index (χ3n) is 2.70. The molecule has 0 atom stereocenters. The molecule has 110 valence electrons. The van der Waals surface area contributed by atoms with Gasteiger partial charge >= 0.3 is 6.09 Å². The number of alkyl carbamates (subject to hydrolysis) is 1. The first-order chi connectivity index (χ1) is 9.28. The van der Waals surface area contributed by atoms with Crippen LogP contribution in [0, 0.1) is 13.8 Å². The summed E-state index contributed by atoms with van der Waals surface area (Å²) in [5.41, 5.74) is 3.30. The Labute approximate surface area is 122 Å². The van der Waals surface area contributed by atoms with Gasteiger partial charge in [0.05, 0.1) is 0 Å². The van der Waals surface area contributed by atoms with Crippen LogP contribution >= 0.6 is 0 Å². The predicted octanol–water partition coefficient (Wildman–Crippen LogP) is 4.23. The summed E-state index contributed by atoms with van der Waals surface area (Å²) in [5.74, 6) is 0. The molecule has 1 aromatic rings. The minimum atomic E-state index is -0.446. The highest BCUT2D eigenvalue weighted by Crippen LogP contribution is 2.12. The molecule has 1 aromatic carbocycles. The minimum absolute atomic E-state index is 0.364. The lowest BCUT2D eigenvalue weighted by molar-refractivity contribution is 0.0529. The van der Waals surface area contributed by atoms with Gasteiger partial charge in [0.2, 0.25) is 0 Å². The van der Waals surface area contributed by atoms with Crippen LogP contribution in [0.1, 0.15) is 43.9 Å². The molecule has 0 unspecified atom stereocenters. The van der Waals surface area contributed by atoms with Gasteiger partial charge in [-0.3, -0.25) is 0 Å². The van der Waals surface area contributed by atoms with Crippen molar-refractivity contribution in [1.29, 1.82) is 0 Å².